The number of nitrogen functional groups attached to an aromatic ring is 1. The largest absolute Gasteiger partial charge is 0.465 e. The van der Waals surface area contributed by atoms with Crippen molar-refractivity contribution in [3.8, 4) is 5.69 Å². The molecule has 4 heterocycles. The first-order valence-electron chi connectivity index (χ1n) is 8.67. The normalized spacial score (nSPS) is 21.4. The maximum absolute atomic E-state index is 13.7. The molecule has 1 amide bonds. The van der Waals surface area contributed by atoms with E-state index in [1.807, 2.05) is 6.07 Å². The minimum atomic E-state index is -0.871. The molecule has 8 nitrogen and oxygen atoms in total. The van der Waals surface area contributed by atoms with Gasteiger partial charge in [-0.15, -0.1) is 5.10 Å². The second-order valence-electron chi connectivity index (χ2n) is 6.96. The lowest BCUT2D eigenvalue weighted by Crippen LogP contribution is -2.48. The third kappa shape index (κ3) is 2.38. The van der Waals surface area contributed by atoms with Crippen LogP contribution in [0, 0.1) is 5.82 Å². The van der Waals surface area contributed by atoms with Gasteiger partial charge in [-0.3, -0.25) is 0 Å². The molecule has 2 bridgehead atoms. The molecule has 0 spiro atoms. The van der Waals surface area contributed by atoms with E-state index in [4.69, 9.17) is 5.73 Å². The second-order valence-corrected chi connectivity index (χ2v) is 6.96. The summed E-state index contributed by atoms with van der Waals surface area (Å²) in [5.74, 6) is 0.730. The lowest BCUT2D eigenvalue weighted by Gasteiger charge is -2.33. The van der Waals surface area contributed by atoms with E-state index >= 15 is 0 Å². The van der Waals surface area contributed by atoms with Crippen LogP contribution in [0.3, 0.4) is 0 Å². The number of carbonyl (C=O) groups is 1. The van der Waals surface area contributed by atoms with Gasteiger partial charge in [0.25, 0.3) is 0 Å². The molecule has 0 saturated carbocycles. The number of pyridine rings is 1. The fourth-order valence-corrected chi connectivity index (χ4v) is 4.19. The van der Waals surface area contributed by atoms with Crippen LogP contribution in [0.4, 0.5) is 20.8 Å². The molecule has 138 valence electrons. The standard InChI is InChI=1S/C18H17FN6O2/c19-10-1-2-14-15(5-10)25(22-17(14)20)11-3-4-21-16(7-11)23-8-13-6-12(23)9-24(13)18(26)27/h1-5,7,12-13H,6,8-9H2,(H2,20,22)(H,26,27)/t12-,13-/m0/s1. The van der Waals surface area contributed by atoms with Gasteiger partial charge in [0.15, 0.2) is 5.82 Å². The summed E-state index contributed by atoms with van der Waals surface area (Å²) in [7, 11) is 0. The third-order valence-corrected chi connectivity index (χ3v) is 5.43. The Hall–Kier alpha value is -3.36. The summed E-state index contributed by atoms with van der Waals surface area (Å²) in [6, 6.07) is 8.16. The van der Waals surface area contributed by atoms with Crippen LogP contribution < -0.4 is 10.6 Å². The number of nitrogens with zero attached hydrogens (tertiary/aromatic N) is 5. The van der Waals surface area contributed by atoms with Crippen LogP contribution in [0.1, 0.15) is 6.42 Å². The molecule has 3 N–H and O–H groups in total. The van der Waals surface area contributed by atoms with Crippen LogP contribution in [-0.2, 0) is 0 Å². The number of hydrogen-bond donors (Lipinski definition) is 2. The molecule has 2 aliphatic heterocycles. The smallest absolute Gasteiger partial charge is 0.407 e. The van der Waals surface area contributed by atoms with Crippen molar-refractivity contribution in [2.45, 2.75) is 18.5 Å². The highest BCUT2D eigenvalue weighted by Gasteiger charge is 2.45. The first-order valence-corrected chi connectivity index (χ1v) is 8.67. The maximum atomic E-state index is 13.7. The van der Waals surface area contributed by atoms with Crippen LogP contribution in [0.2, 0.25) is 0 Å². The number of fused-ring (bicyclic) bond motifs is 3. The minimum absolute atomic E-state index is 0.00627. The van der Waals surface area contributed by atoms with E-state index in [1.165, 1.54) is 17.0 Å². The molecule has 0 aliphatic carbocycles. The fraction of sp³-hybridized carbons (Fsp3) is 0.278. The van der Waals surface area contributed by atoms with Crippen LogP contribution in [-0.4, -0.2) is 56.0 Å². The molecule has 1 aromatic carbocycles. The highest BCUT2D eigenvalue weighted by Crippen LogP contribution is 2.34. The Labute approximate surface area is 153 Å². The monoisotopic (exact) mass is 368 g/mol. The number of rotatable bonds is 2. The van der Waals surface area contributed by atoms with Gasteiger partial charge < -0.3 is 20.6 Å². The SMILES string of the molecule is Nc1nn(-c2ccnc(N3C[C@@H]4C[C@H]3CN4C(=O)O)c2)c2cc(F)ccc12. The number of carboxylic acid groups (broad SMARTS) is 1. The van der Waals surface area contributed by atoms with E-state index in [0.717, 1.165) is 17.9 Å². The van der Waals surface area contributed by atoms with Gasteiger partial charge in [0.05, 0.1) is 23.3 Å². The summed E-state index contributed by atoms with van der Waals surface area (Å²) >= 11 is 0. The zero-order valence-electron chi connectivity index (χ0n) is 14.3. The lowest BCUT2D eigenvalue weighted by atomic mass is 10.2. The van der Waals surface area contributed by atoms with E-state index in [1.54, 1.807) is 23.0 Å². The predicted molar refractivity (Wildman–Crippen MR) is 97.5 cm³/mol. The molecule has 5 rings (SSSR count). The number of anilines is 2. The zero-order valence-corrected chi connectivity index (χ0v) is 14.3. The molecule has 9 heteroatoms. The molecule has 2 saturated heterocycles. The van der Waals surface area contributed by atoms with Crippen LogP contribution in [0.15, 0.2) is 36.5 Å². The zero-order chi connectivity index (χ0) is 18.7. The first kappa shape index (κ1) is 15.9. The first-order chi connectivity index (χ1) is 13.0. The Bertz CT molecular complexity index is 1070. The quantitative estimate of drug-likeness (QED) is 0.718. The van der Waals surface area contributed by atoms with E-state index in [2.05, 4.69) is 15.0 Å². The Balaban J connectivity index is 1.51. The van der Waals surface area contributed by atoms with Crippen LogP contribution >= 0.6 is 0 Å². The van der Waals surface area contributed by atoms with Crippen molar-refractivity contribution in [3.05, 3.63) is 42.3 Å². The number of nitrogens with two attached hydrogens (primary N) is 1. The van der Waals surface area contributed by atoms with E-state index in [0.29, 0.717) is 29.8 Å². The van der Waals surface area contributed by atoms with E-state index in [9.17, 15) is 14.3 Å². The topological polar surface area (TPSA) is 101 Å². The van der Waals surface area contributed by atoms with Crippen LogP contribution in [0.5, 0.6) is 0 Å². The number of amides is 1. The summed E-state index contributed by atoms with van der Waals surface area (Å²) in [4.78, 5) is 19.3. The van der Waals surface area contributed by atoms with Crippen molar-refractivity contribution in [1.29, 1.82) is 0 Å². The Morgan fingerprint density at radius 1 is 1.22 bits per heavy atom. The van der Waals surface area contributed by atoms with Gasteiger partial charge in [0.1, 0.15) is 11.6 Å². The highest BCUT2D eigenvalue weighted by molar-refractivity contribution is 5.90. The summed E-state index contributed by atoms with van der Waals surface area (Å²) in [6.07, 6.45) is 1.61. The van der Waals surface area contributed by atoms with E-state index < -0.39 is 6.09 Å². The van der Waals surface area contributed by atoms with Gasteiger partial charge in [-0.1, -0.05) is 0 Å². The lowest BCUT2D eigenvalue weighted by molar-refractivity contribution is 0.137. The summed E-state index contributed by atoms with van der Waals surface area (Å²) < 4.78 is 15.3. The Morgan fingerprint density at radius 2 is 2.07 bits per heavy atom. The number of halogens is 1. The molecule has 27 heavy (non-hydrogen) atoms. The molecule has 2 aromatic heterocycles. The summed E-state index contributed by atoms with van der Waals surface area (Å²) in [6.45, 7) is 1.10. The molecule has 3 aromatic rings. The third-order valence-electron chi connectivity index (χ3n) is 5.43. The van der Waals surface area contributed by atoms with Crippen molar-refractivity contribution in [2.24, 2.45) is 0 Å². The minimum Gasteiger partial charge on any atom is -0.465 e. The van der Waals surface area contributed by atoms with Gasteiger partial charge >= 0.3 is 6.09 Å². The number of hydrogen-bond acceptors (Lipinski definition) is 5. The van der Waals surface area contributed by atoms with E-state index in [-0.39, 0.29) is 17.9 Å². The molecular weight excluding hydrogens is 351 g/mol. The van der Waals surface area contributed by atoms with Gasteiger partial charge in [0.2, 0.25) is 0 Å². The van der Waals surface area contributed by atoms with Gasteiger partial charge in [0, 0.05) is 36.8 Å². The molecular formula is C18H17FN6O2. The fourth-order valence-electron chi connectivity index (χ4n) is 4.19. The maximum Gasteiger partial charge on any atom is 0.407 e. The second kappa shape index (κ2) is 5.57. The van der Waals surface area contributed by atoms with Crippen molar-refractivity contribution < 1.29 is 14.3 Å². The molecule has 2 fully saturated rings. The molecule has 2 atom stereocenters. The molecule has 0 unspecified atom stereocenters. The highest BCUT2D eigenvalue weighted by atomic mass is 19.1. The van der Waals surface area contributed by atoms with Crippen molar-refractivity contribution in [2.75, 3.05) is 23.7 Å². The Morgan fingerprint density at radius 3 is 2.81 bits per heavy atom. The number of aromatic nitrogens is 3. The van der Waals surface area contributed by atoms with Crippen molar-refractivity contribution in [1.82, 2.24) is 19.7 Å². The van der Waals surface area contributed by atoms with Gasteiger partial charge in [-0.25, -0.2) is 18.9 Å². The summed E-state index contributed by atoms with van der Waals surface area (Å²) in [5, 5.41) is 14.3. The summed E-state index contributed by atoms with van der Waals surface area (Å²) in [5.41, 5.74) is 7.29. The molecule has 2 aliphatic rings. The van der Waals surface area contributed by atoms with Gasteiger partial charge in [-0.05, 0) is 24.6 Å². The van der Waals surface area contributed by atoms with Gasteiger partial charge in [-0.2, -0.15) is 0 Å². The van der Waals surface area contributed by atoms with Crippen molar-refractivity contribution in [3.63, 3.8) is 0 Å². The van der Waals surface area contributed by atoms with Crippen molar-refractivity contribution >= 4 is 28.6 Å². The van der Waals surface area contributed by atoms with Crippen LogP contribution in [0.25, 0.3) is 16.6 Å². The predicted octanol–water partition coefficient (Wildman–Crippen LogP) is 2.08. The molecule has 0 radical (unpaired) electrons. The average molecular weight is 368 g/mol. The number of piperazine rings is 1. The number of benzene rings is 1. The Kier molecular flexibility index (Phi) is 3.27. The number of likely N-dealkylation sites (tertiary alicyclic amines) is 1. The average Bonchev–Trinajstić information content (AvgIpc) is 3.34.